The van der Waals surface area contributed by atoms with Crippen LogP contribution in [0.25, 0.3) is 5.57 Å². The van der Waals surface area contributed by atoms with Gasteiger partial charge in [0, 0.05) is 19.6 Å². The van der Waals surface area contributed by atoms with Crippen LogP contribution in [0.3, 0.4) is 0 Å². The molecule has 0 unspecified atom stereocenters. The van der Waals surface area contributed by atoms with Crippen molar-refractivity contribution in [3.8, 4) is 0 Å². The first kappa shape index (κ1) is 12.3. The van der Waals surface area contributed by atoms with E-state index in [0.29, 0.717) is 0 Å². The van der Waals surface area contributed by atoms with Crippen LogP contribution in [0.15, 0.2) is 30.3 Å². The van der Waals surface area contributed by atoms with Crippen LogP contribution >= 0.6 is 0 Å². The second-order valence-electron chi connectivity index (χ2n) is 4.56. The molecular formula is C15H21NO. The summed E-state index contributed by atoms with van der Waals surface area (Å²) in [6.07, 6.45) is 2.16. The Kier molecular flexibility index (Phi) is 4.35. The molecule has 0 radical (unpaired) electrons. The lowest BCUT2D eigenvalue weighted by Crippen LogP contribution is -2.35. The fraction of sp³-hybridized carbons (Fsp3) is 0.467. The molecule has 92 valence electrons. The van der Waals surface area contributed by atoms with Crippen LogP contribution in [0.2, 0.25) is 0 Å². The van der Waals surface area contributed by atoms with Gasteiger partial charge in [0.05, 0.1) is 13.2 Å². The summed E-state index contributed by atoms with van der Waals surface area (Å²) in [6, 6.07) is 8.84. The van der Waals surface area contributed by atoms with Gasteiger partial charge >= 0.3 is 0 Å². The quantitative estimate of drug-likeness (QED) is 0.793. The van der Waals surface area contributed by atoms with Crippen LogP contribution in [0, 0.1) is 0 Å². The number of benzene rings is 1. The van der Waals surface area contributed by atoms with Gasteiger partial charge in [0.25, 0.3) is 0 Å². The van der Waals surface area contributed by atoms with Crippen molar-refractivity contribution in [1.82, 2.24) is 4.90 Å². The molecule has 1 heterocycles. The van der Waals surface area contributed by atoms with E-state index in [1.165, 1.54) is 16.7 Å². The van der Waals surface area contributed by atoms with E-state index in [0.717, 1.165) is 32.8 Å². The maximum atomic E-state index is 5.37. The second-order valence-corrected chi connectivity index (χ2v) is 4.56. The molecule has 2 rings (SSSR count). The van der Waals surface area contributed by atoms with E-state index in [2.05, 4.69) is 49.1 Å². The number of hydrogen-bond acceptors (Lipinski definition) is 2. The van der Waals surface area contributed by atoms with Crippen molar-refractivity contribution in [2.45, 2.75) is 20.4 Å². The highest BCUT2D eigenvalue weighted by Crippen LogP contribution is 2.16. The highest BCUT2D eigenvalue weighted by atomic mass is 16.5. The third-order valence-corrected chi connectivity index (χ3v) is 3.33. The van der Waals surface area contributed by atoms with Gasteiger partial charge in [0.2, 0.25) is 0 Å². The van der Waals surface area contributed by atoms with Crippen molar-refractivity contribution in [2.24, 2.45) is 0 Å². The summed E-state index contributed by atoms with van der Waals surface area (Å²) in [7, 11) is 0. The van der Waals surface area contributed by atoms with E-state index in [4.69, 9.17) is 4.74 Å². The molecule has 0 aromatic heterocycles. The molecule has 0 bridgehead atoms. The summed E-state index contributed by atoms with van der Waals surface area (Å²) >= 11 is 0. The number of hydrogen-bond donors (Lipinski definition) is 0. The van der Waals surface area contributed by atoms with Crippen molar-refractivity contribution < 1.29 is 4.74 Å². The van der Waals surface area contributed by atoms with Gasteiger partial charge in [-0.25, -0.2) is 0 Å². The van der Waals surface area contributed by atoms with E-state index in [1.54, 1.807) is 0 Å². The molecule has 1 saturated heterocycles. The van der Waals surface area contributed by atoms with Gasteiger partial charge < -0.3 is 4.74 Å². The molecule has 0 amide bonds. The smallest absolute Gasteiger partial charge is 0.0594 e. The zero-order chi connectivity index (χ0) is 12.1. The maximum Gasteiger partial charge on any atom is 0.0594 e. The van der Waals surface area contributed by atoms with Gasteiger partial charge in [-0.2, -0.15) is 0 Å². The van der Waals surface area contributed by atoms with E-state index >= 15 is 0 Å². The average molecular weight is 231 g/mol. The average Bonchev–Trinajstić information content (AvgIpc) is 2.39. The fourth-order valence-electron chi connectivity index (χ4n) is 2.10. The normalized spacial score (nSPS) is 18.4. The third kappa shape index (κ3) is 3.42. The summed E-state index contributed by atoms with van der Waals surface area (Å²) in [5, 5.41) is 0. The topological polar surface area (TPSA) is 12.5 Å². The standard InChI is InChI=1S/C15H21NO/c1-3-13(2)15-6-4-5-14(11-15)12-16-7-9-17-10-8-16/h3-6,11H,7-10,12H2,1-2H3. The summed E-state index contributed by atoms with van der Waals surface area (Å²) in [4.78, 5) is 2.45. The minimum Gasteiger partial charge on any atom is -0.379 e. The Morgan fingerprint density at radius 2 is 2.12 bits per heavy atom. The first-order chi connectivity index (χ1) is 8.29. The highest BCUT2D eigenvalue weighted by molar-refractivity contribution is 5.63. The molecular weight excluding hydrogens is 210 g/mol. The Balaban J connectivity index is 2.05. The van der Waals surface area contributed by atoms with Gasteiger partial charge in [-0.1, -0.05) is 30.3 Å². The van der Waals surface area contributed by atoms with Gasteiger partial charge in [0.15, 0.2) is 0 Å². The molecule has 1 aliphatic rings. The molecule has 1 aromatic rings. The Morgan fingerprint density at radius 3 is 2.82 bits per heavy atom. The summed E-state index contributed by atoms with van der Waals surface area (Å²) in [5.41, 5.74) is 4.07. The monoisotopic (exact) mass is 231 g/mol. The summed E-state index contributed by atoms with van der Waals surface area (Å²) < 4.78 is 5.37. The molecule has 0 saturated carbocycles. The highest BCUT2D eigenvalue weighted by Gasteiger charge is 2.10. The number of nitrogens with zero attached hydrogens (tertiary/aromatic N) is 1. The maximum absolute atomic E-state index is 5.37. The van der Waals surface area contributed by atoms with Crippen molar-refractivity contribution in [3.05, 3.63) is 41.5 Å². The minimum atomic E-state index is 0.869. The number of morpholine rings is 1. The molecule has 2 nitrogen and oxygen atoms in total. The van der Waals surface area contributed by atoms with Gasteiger partial charge in [-0.3, -0.25) is 4.90 Å². The Morgan fingerprint density at radius 1 is 1.35 bits per heavy atom. The van der Waals surface area contributed by atoms with Crippen LogP contribution in [0.4, 0.5) is 0 Å². The van der Waals surface area contributed by atoms with Crippen molar-refractivity contribution in [1.29, 1.82) is 0 Å². The SMILES string of the molecule is CC=C(C)c1cccc(CN2CCOCC2)c1. The second kappa shape index (κ2) is 5.99. The molecule has 1 aromatic carbocycles. The Labute approximate surface area is 104 Å². The zero-order valence-corrected chi connectivity index (χ0v) is 10.8. The fourth-order valence-corrected chi connectivity index (χ4v) is 2.10. The molecule has 2 heteroatoms. The van der Waals surface area contributed by atoms with Gasteiger partial charge in [0.1, 0.15) is 0 Å². The Hall–Kier alpha value is -1.12. The summed E-state index contributed by atoms with van der Waals surface area (Å²) in [5.74, 6) is 0. The van der Waals surface area contributed by atoms with Crippen LogP contribution in [0.5, 0.6) is 0 Å². The number of ether oxygens (including phenoxy) is 1. The lowest BCUT2D eigenvalue weighted by Gasteiger charge is -2.26. The third-order valence-electron chi connectivity index (χ3n) is 3.33. The largest absolute Gasteiger partial charge is 0.379 e. The molecule has 0 spiro atoms. The molecule has 1 fully saturated rings. The summed E-state index contributed by atoms with van der Waals surface area (Å²) in [6.45, 7) is 9.12. The molecule has 0 atom stereocenters. The number of rotatable bonds is 3. The molecule has 0 N–H and O–H groups in total. The molecule has 0 aliphatic carbocycles. The lowest BCUT2D eigenvalue weighted by atomic mass is 10.0. The first-order valence-electron chi connectivity index (χ1n) is 6.32. The number of allylic oxidation sites excluding steroid dienone is 2. The van der Waals surface area contributed by atoms with Gasteiger partial charge in [-0.15, -0.1) is 0 Å². The minimum absolute atomic E-state index is 0.869. The van der Waals surface area contributed by atoms with E-state index < -0.39 is 0 Å². The predicted octanol–water partition coefficient (Wildman–Crippen LogP) is 2.94. The van der Waals surface area contributed by atoms with Crippen LogP contribution in [-0.2, 0) is 11.3 Å². The van der Waals surface area contributed by atoms with Gasteiger partial charge in [-0.05, 0) is 30.5 Å². The van der Waals surface area contributed by atoms with Crippen molar-refractivity contribution >= 4 is 5.57 Å². The first-order valence-corrected chi connectivity index (χ1v) is 6.32. The van der Waals surface area contributed by atoms with Crippen LogP contribution < -0.4 is 0 Å². The van der Waals surface area contributed by atoms with E-state index in [-0.39, 0.29) is 0 Å². The van der Waals surface area contributed by atoms with E-state index in [1.807, 2.05) is 0 Å². The predicted molar refractivity (Wildman–Crippen MR) is 71.9 cm³/mol. The lowest BCUT2D eigenvalue weighted by molar-refractivity contribution is 0.0342. The Bertz CT molecular complexity index is 392. The van der Waals surface area contributed by atoms with Crippen LogP contribution in [-0.4, -0.2) is 31.2 Å². The van der Waals surface area contributed by atoms with Crippen molar-refractivity contribution in [3.63, 3.8) is 0 Å². The zero-order valence-electron chi connectivity index (χ0n) is 10.8. The van der Waals surface area contributed by atoms with E-state index in [9.17, 15) is 0 Å². The molecule has 17 heavy (non-hydrogen) atoms. The van der Waals surface area contributed by atoms with Crippen LogP contribution in [0.1, 0.15) is 25.0 Å². The molecule has 1 aliphatic heterocycles. The van der Waals surface area contributed by atoms with Crippen molar-refractivity contribution in [2.75, 3.05) is 26.3 Å².